The molecule has 12 nitrogen and oxygen atoms in total. The van der Waals surface area contributed by atoms with Crippen LogP contribution >= 0.6 is 0 Å². The fourth-order valence-electron chi connectivity index (χ4n) is 6.37. The van der Waals surface area contributed by atoms with E-state index in [1.807, 2.05) is 18.4 Å². The molecule has 4 unspecified atom stereocenters. The van der Waals surface area contributed by atoms with E-state index in [2.05, 4.69) is 19.9 Å². The molecular weight excluding hydrogens is 514 g/mol. The fraction of sp³-hybridized carbons (Fsp3) is 0.536. The molecule has 3 aliphatic heterocycles. The Kier molecular flexibility index (Phi) is 6.11. The van der Waals surface area contributed by atoms with E-state index in [1.54, 1.807) is 30.6 Å². The lowest BCUT2D eigenvalue weighted by atomic mass is 9.91. The number of carbonyl (C=O) groups excluding carboxylic acids is 2. The molecule has 4 atom stereocenters. The Balaban J connectivity index is 1.07. The number of carbonyl (C=O) groups is 2. The molecule has 1 aliphatic carbocycles. The number of benzene rings is 1. The number of nitrogens with two attached hydrogens (primary N) is 1. The summed E-state index contributed by atoms with van der Waals surface area (Å²) in [6, 6.07) is 7.45. The molecule has 2 aromatic heterocycles. The molecule has 0 spiro atoms. The normalized spacial score (nSPS) is 27.5. The summed E-state index contributed by atoms with van der Waals surface area (Å²) in [6.07, 6.45) is 5.80. The van der Waals surface area contributed by atoms with Gasteiger partial charge in [-0.25, -0.2) is 15.0 Å². The second kappa shape index (κ2) is 9.58. The van der Waals surface area contributed by atoms with Gasteiger partial charge in [0.25, 0.3) is 11.8 Å². The highest BCUT2D eigenvalue weighted by molar-refractivity contribution is 6.21. The summed E-state index contributed by atoms with van der Waals surface area (Å²) in [4.78, 5) is 42.3. The minimum absolute atomic E-state index is 0.212. The summed E-state index contributed by atoms with van der Waals surface area (Å²) in [5, 5.41) is 0. The highest BCUT2D eigenvalue weighted by Gasteiger charge is 2.56. The summed E-state index contributed by atoms with van der Waals surface area (Å²) in [7, 11) is 0. The molecule has 4 aliphatic rings. The van der Waals surface area contributed by atoms with Crippen LogP contribution in [-0.4, -0.2) is 90.9 Å². The van der Waals surface area contributed by atoms with Crippen molar-refractivity contribution in [2.45, 2.75) is 75.9 Å². The number of anilines is 1. The van der Waals surface area contributed by atoms with Gasteiger partial charge in [0.15, 0.2) is 23.5 Å². The third-order valence-electron chi connectivity index (χ3n) is 8.50. The van der Waals surface area contributed by atoms with Crippen LogP contribution in [0.15, 0.2) is 36.9 Å². The van der Waals surface area contributed by atoms with E-state index < -0.39 is 12.0 Å². The maximum absolute atomic E-state index is 12.8. The van der Waals surface area contributed by atoms with Gasteiger partial charge in [-0.05, 0) is 45.2 Å². The Morgan fingerprint density at radius 1 is 1.05 bits per heavy atom. The molecule has 0 bridgehead atoms. The Bertz CT molecular complexity index is 1440. The zero-order valence-corrected chi connectivity index (χ0v) is 22.6. The molecule has 1 aromatic carbocycles. The zero-order valence-electron chi connectivity index (χ0n) is 22.6. The maximum atomic E-state index is 12.8. The summed E-state index contributed by atoms with van der Waals surface area (Å²) < 4.78 is 21.2. The molecule has 210 valence electrons. The average molecular weight is 548 g/mol. The lowest BCUT2D eigenvalue weighted by Crippen LogP contribution is -2.48. The van der Waals surface area contributed by atoms with E-state index in [0.29, 0.717) is 53.7 Å². The fourth-order valence-corrected chi connectivity index (χ4v) is 6.37. The number of amides is 2. The molecule has 40 heavy (non-hydrogen) atoms. The predicted octanol–water partition coefficient (Wildman–Crippen LogP) is 2.37. The number of aromatic nitrogens is 4. The maximum Gasteiger partial charge on any atom is 0.261 e. The van der Waals surface area contributed by atoms with Gasteiger partial charge in [-0.2, -0.15) is 0 Å². The molecule has 3 fully saturated rings. The summed E-state index contributed by atoms with van der Waals surface area (Å²) in [5.74, 6) is -0.868. The first-order chi connectivity index (χ1) is 19.3. The van der Waals surface area contributed by atoms with Crippen molar-refractivity contribution in [2.75, 3.05) is 25.4 Å². The van der Waals surface area contributed by atoms with E-state index >= 15 is 0 Å². The molecule has 1 saturated carbocycles. The molecule has 12 heteroatoms. The van der Waals surface area contributed by atoms with Crippen LogP contribution in [0.5, 0.6) is 0 Å². The minimum Gasteiger partial charge on any atom is -0.382 e. The third kappa shape index (κ3) is 4.17. The quantitative estimate of drug-likeness (QED) is 0.418. The first kappa shape index (κ1) is 25.5. The zero-order chi connectivity index (χ0) is 27.6. The van der Waals surface area contributed by atoms with Crippen molar-refractivity contribution in [3.05, 3.63) is 48.0 Å². The van der Waals surface area contributed by atoms with Crippen LogP contribution in [0, 0.1) is 0 Å². The molecular formula is C28H33N7O5. The smallest absolute Gasteiger partial charge is 0.261 e. The van der Waals surface area contributed by atoms with Crippen molar-refractivity contribution in [3.63, 3.8) is 0 Å². The number of imide groups is 1. The van der Waals surface area contributed by atoms with E-state index in [-0.39, 0.29) is 30.1 Å². The first-order valence-electron chi connectivity index (χ1n) is 13.9. The first-order valence-corrected chi connectivity index (χ1v) is 13.9. The lowest BCUT2D eigenvalue weighted by Gasteiger charge is -2.39. The minimum atomic E-state index is -0.757. The van der Waals surface area contributed by atoms with Gasteiger partial charge in [0.1, 0.15) is 30.2 Å². The van der Waals surface area contributed by atoms with Gasteiger partial charge in [0, 0.05) is 25.7 Å². The number of hydrogen-bond acceptors (Lipinski definition) is 10. The number of rotatable bonds is 8. The Labute approximate surface area is 231 Å². The topological polar surface area (TPSA) is 138 Å². The van der Waals surface area contributed by atoms with Gasteiger partial charge in [0.2, 0.25) is 0 Å². The largest absolute Gasteiger partial charge is 0.382 e. The number of hydrogen-bond donors (Lipinski definition) is 1. The van der Waals surface area contributed by atoms with Crippen LogP contribution in [0.1, 0.15) is 66.5 Å². The standard InChI is InChI=1S/C28H33N7O5/c1-28(2)39-21-19(38-27(22(21)40-28)35-15-32-20-23(29)30-14-31-24(20)35)13-33(16-7-5-8-16)11-6-12-34-25(36)17-9-3-4-10-18(17)26(34)37/h3-4,9-10,14-16,19,21-22,27H,5-8,11-13H2,1-2H3,(H2,29,30,31). The molecule has 2 saturated heterocycles. The van der Waals surface area contributed by atoms with Crippen LogP contribution in [0.25, 0.3) is 11.2 Å². The van der Waals surface area contributed by atoms with Crippen LogP contribution in [0.3, 0.4) is 0 Å². The monoisotopic (exact) mass is 547 g/mol. The number of imidazole rings is 1. The van der Waals surface area contributed by atoms with Crippen LogP contribution in [-0.2, 0) is 14.2 Å². The van der Waals surface area contributed by atoms with Crippen LogP contribution in [0.4, 0.5) is 5.82 Å². The highest BCUT2D eigenvalue weighted by atomic mass is 16.8. The van der Waals surface area contributed by atoms with E-state index in [4.69, 9.17) is 19.9 Å². The van der Waals surface area contributed by atoms with Crippen LogP contribution in [0.2, 0.25) is 0 Å². The van der Waals surface area contributed by atoms with Gasteiger partial charge in [-0.1, -0.05) is 18.6 Å². The van der Waals surface area contributed by atoms with Crippen LogP contribution < -0.4 is 5.73 Å². The molecule has 7 rings (SSSR count). The van der Waals surface area contributed by atoms with Crippen molar-refractivity contribution >= 4 is 28.8 Å². The van der Waals surface area contributed by atoms with Gasteiger partial charge in [-0.3, -0.25) is 24.0 Å². The SMILES string of the molecule is CC1(C)OC2C(CN(CCCN3C(=O)c4ccccc4C3=O)C3CCC3)OC(n3cnc4c(N)ncnc43)C2O1. The second-order valence-electron chi connectivity index (χ2n) is 11.5. The Morgan fingerprint density at radius 2 is 1.77 bits per heavy atom. The van der Waals surface area contributed by atoms with Crippen molar-refractivity contribution in [1.82, 2.24) is 29.3 Å². The van der Waals surface area contributed by atoms with Gasteiger partial charge in [0.05, 0.1) is 17.5 Å². The Morgan fingerprint density at radius 3 is 2.48 bits per heavy atom. The van der Waals surface area contributed by atoms with Gasteiger partial charge < -0.3 is 19.9 Å². The molecule has 3 aromatic rings. The molecule has 2 amide bonds. The third-order valence-corrected chi connectivity index (χ3v) is 8.50. The molecule has 0 radical (unpaired) electrons. The highest BCUT2D eigenvalue weighted by Crippen LogP contribution is 2.44. The van der Waals surface area contributed by atoms with Crippen molar-refractivity contribution in [2.24, 2.45) is 0 Å². The number of ether oxygens (including phenoxy) is 3. The van der Waals surface area contributed by atoms with E-state index in [0.717, 1.165) is 19.4 Å². The summed E-state index contributed by atoms with van der Waals surface area (Å²) in [5.41, 5.74) is 8.10. The number of fused-ring (bicyclic) bond motifs is 3. The molecule has 2 N–H and O–H groups in total. The summed E-state index contributed by atoms with van der Waals surface area (Å²) >= 11 is 0. The van der Waals surface area contributed by atoms with Crippen molar-refractivity contribution in [3.8, 4) is 0 Å². The van der Waals surface area contributed by atoms with Crippen molar-refractivity contribution in [1.29, 1.82) is 0 Å². The number of nitrogens with zero attached hydrogens (tertiary/aromatic N) is 6. The van der Waals surface area contributed by atoms with Gasteiger partial charge in [-0.15, -0.1) is 0 Å². The average Bonchev–Trinajstić information content (AvgIpc) is 3.61. The van der Waals surface area contributed by atoms with E-state index in [9.17, 15) is 9.59 Å². The second-order valence-corrected chi connectivity index (χ2v) is 11.5. The molecule has 5 heterocycles. The van der Waals surface area contributed by atoms with Crippen molar-refractivity contribution < 1.29 is 23.8 Å². The predicted molar refractivity (Wildman–Crippen MR) is 143 cm³/mol. The number of nitrogen functional groups attached to an aromatic ring is 1. The lowest BCUT2D eigenvalue weighted by molar-refractivity contribution is -0.198. The summed E-state index contributed by atoms with van der Waals surface area (Å²) in [6.45, 7) is 5.59. The van der Waals surface area contributed by atoms with E-state index in [1.165, 1.54) is 17.6 Å². The van der Waals surface area contributed by atoms with Gasteiger partial charge >= 0.3 is 0 Å². The Hall–Kier alpha value is -3.45.